The molecule has 0 aliphatic rings. The van der Waals surface area contributed by atoms with Crippen LogP contribution in [0.4, 0.5) is 5.13 Å². The SMILES string of the molecule is Nc1nc(-c2ncn[nH]2)ns1. The van der Waals surface area contributed by atoms with Gasteiger partial charge >= 0.3 is 0 Å². The van der Waals surface area contributed by atoms with Crippen molar-refractivity contribution in [1.82, 2.24) is 24.5 Å². The summed E-state index contributed by atoms with van der Waals surface area (Å²) in [6.07, 6.45) is 1.40. The third-order valence-corrected chi connectivity index (χ3v) is 1.61. The molecule has 0 unspecified atom stereocenters. The number of hydrogen-bond acceptors (Lipinski definition) is 6. The second-order valence-electron chi connectivity index (χ2n) is 1.79. The maximum atomic E-state index is 5.37. The van der Waals surface area contributed by atoms with E-state index in [4.69, 9.17) is 5.73 Å². The first-order valence-electron chi connectivity index (χ1n) is 2.81. The Hall–Kier alpha value is -1.50. The molecule has 0 fully saturated rings. The van der Waals surface area contributed by atoms with E-state index in [0.717, 1.165) is 11.5 Å². The van der Waals surface area contributed by atoms with Gasteiger partial charge in [-0.15, -0.1) is 0 Å². The lowest BCUT2D eigenvalue weighted by Gasteiger charge is -1.81. The standard InChI is InChI=1S/C4H4N6S/c5-4-8-3(10-11-4)2-6-1-7-9-2/h1H,(H2,5,8,10)(H,6,7,9). The summed E-state index contributed by atoms with van der Waals surface area (Å²) >= 11 is 1.13. The summed E-state index contributed by atoms with van der Waals surface area (Å²) in [6.45, 7) is 0. The number of hydrogen-bond donors (Lipinski definition) is 2. The number of aromatic amines is 1. The quantitative estimate of drug-likeness (QED) is 0.620. The van der Waals surface area contributed by atoms with E-state index in [1.807, 2.05) is 0 Å². The van der Waals surface area contributed by atoms with Crippen molar-refractivity contribution < 1.29 is 0 Å². The third kappa shape index (κ3) is 1.05. The van der Waals surface area contributed by atoms with E-state index < -0.39 is 0 Å². The molecule has 7 heteroatoms. The molecule has 11 heavy (non-hydrogen) atoms. The zero-order valence-corrected chi connectivity index (χ0v) is 6.17. The van der Waals surface area contributed by atoms with Gasteiger partial charge in [0.25, 0.3) is 0 Å². The highest BCUT2D eigenvalue weighted by Crippen LogP contribution is 2.13. The Morgan fingerprint density at radius 3 is 3.00 bits per heavy atom. The first-order chi connectivity index (χ1) is 5.36. The van der Waals surface area contributed by atoms with Crippen molar-refractivity contribution in [1.29, 1.82) is 0 Å². The monoisotopic (exact) mass is 168 g/mol. The number of nitrogen functional groups attached to an aromatic ring is 1. The summed E-state index contributed by atoms with van der Waals surface area (Å²) in [4.78, 5) is 7.76. The van der Waals surface area contributed by atoms with Gasteiger partial charge in [0, 0.05) is 11.5 Å². The fourth-order valence-corrected chi connectivity index (χ4v) is 1.08. The lowest BCUT2D eigenvalue weighted by Crippen LogP contribution is -1.85. The molecule has 2 aromatic heterocycles. The lowest BCUT2D eigenvalue weighted by molar-refractivity contribution is 1.08. The Balaban J connectivity index is 2.45. The molecule has 3 N–H and O–H groups in total. The number of nitrogens with one attached hydrogen (secondary N) is 1. The molecule has 0 aliphatic heterocycles. The fourth-order valence-electron chi connectivity index (χ4n) is 0.645. The first kappa shape index (κ1) is 6.23. The minimum Gasteiger partial charge on any atom is -0.374 e. The van der Waals surface area contributed by atoms with Crippen LogP contribution in [-0.2, 0) is 0 Å². The normalized spacial score (nSPS) is 10.2. The molecule has 0 saturated carbocycles. The molecule has 0 saturated heterocycles. The largest absolute Gasteiger partial charge is 0.374 e. The van der Waals surface area contributed by atoms with Crippen LogP contribution in [0.5, 0.6) is 0 Å². The summed E-state index contributed by atoms with van der Waals surface area (Å²) in [5.74, 6) is 1.03. The van der Waals surface area contributed by atoms with E-state index in [9.17, 15) is 0 Å². The topological polar surface area (TPSA) is 93.4 Å². The van der Waals surface area contributed by atoms with Gasteiger partial charge in [0.1, 0.15) is 6.33 Å². The molecule has 2 heterocycles. The highest BCUT2D eigenvalue weighted by atomic mass is 32.1. The van der Waals surface area contributed by atoms with E-state index in [-0.39, 0.29) is 0 Å². The molecule has 0 radical (unpaired) electrons. The maximum absolute atomic E-state index is 5.37. The van der Waals surface area contributed by atoms with Crippen LogP contribution >= 0.6 is 11.5 Å². The fraction of sp³-hybridized carbons (Fsp3) is 0. The molecule has 0 bridgehead atoms. The van der Waals surface area contributed by atoms with Crippen molar-refractivity contribution in [2.45, 2.75) is 0 Å². The molecule has 56 valence electrons. The van der Waals surface area contributed by atoms with Crippen molar-refractivity contribution in [2.24, 2.45) is 0 Å². The zero-order chi connectivity index (χ0) is 7.68. The number of nitrogens with zero attached hydrogens (tertiary/aromatic N) is 4. The van der Waals surface area contributed by atoms with Crippen molar-refractivity contribution in [3.63, 3.8) is 0 Å². The Morgan fingerprint density at radius 1 is 1.55 bits per heavy atom. The van der Waals surface area contributed by atoms with Crippen LogP contribution < -0.4 is 5.73 Å². The minimum absolute atomic E-state index is 0.427. The summed E-state index contributed by atoms with van der Waals surface area (Å²) in [5.41, 5.74) is 5.37. The second-order valence-corrected chi connectivity index (χ2v) is 2.57. The van der Waals surface area contributed by atoms with Crippen LogP contribution in [0.15, 0.2) is 6.33 Å². The number of aromatic nitrogens is 5. The molecule has 0 aliphatic carbocycles. The predicted octanol–water partition coefficient (Wildman–Crippen LogP) is -0.0946. The number of nitrogens with two attached hydrogens (primary N) is 1. The van der Waals surface area contributed by atoms with Crippen molar-refractivity contribution in [3.8, 4) is 11.6 Å². The lowest BCUT2D eigenvalue weighted by atomic mass is 10.6. The van der Waals surface area contributed by atoms with Crippen molar-refractivity contribution >= 4 is 16.7 Å². The third-order valence-electron chi connectivity index (χ3n) is 1.07. The maximum Gasteiger partial charge on any atom is 0.212 e. The van der Waals surface area contributed by atoms with Gasteiger partial charge in [-0.25, -0.2) is 4.98 Å². The van der Waals surface area contributed by atoms with Crippen molar-refractivity contribution in [3.05, 3.63) is 6.33 Å². The predicted molar refractivity (Wildman–Crippen MR) is 39.7 cm³/mol. The van der Waals surface area contributed by atoms with E-state index in [0.29, 0.717) is 16.8 Å². The summed E-state index contributed by atoms with van der Waals surface area (Å²) in [7, 11) is 0. The Labute approximate surface area is 65.7 Å². The van der Waals surface area contributed by atoms with Crippen LogP contribution in [0.25, 0.3) is 11.6 Å². The van der Waals surface area contributed by atoms with Gasteiger partial charge in [0.05, 0.1) is 0 Å². The molecule has 0 spiro atoms. The summed E-state index contributed by atoms with van der Waals surface area (Å²) < 4.78 is 3.93. The van der Waals surface area contributed by atoms with E-state index in [1.54, 1.807) is 0 Å². The van der Waals surface area contributed by atoms with Gasteiger partial charge in [0.2, 0.25) is 5.82 Å². The average Bonchev–Trinajstić information content (AvgIpc) is 2.55. The Bertz CT molecular complexity index is 337. The molecule has 2 aromatic rings. The number of anilines is 1. The van der Waals surface area contributed by atoms with E-state index in [2.05, 4.69) is 24.5 Å². The average molecular weight is 168 g/mol. The molecular formula is C4H4N6S. The van der Waals surface area contributed by atoms with Crippen molar-refractivity contribution in [2.75, 3.05) is 5.73 Å². The van der Waals surface area contributed by atoms with Crippen LogP contribution in [0.1, 0.15) is 0 Å². The molecule has 2 rings (SSSR count). The molecular weight excluding hydrogens is 164 g/mol. The van der Waals surface area contributed by atoms with Gasteiger partial charge in [-0.05, 0) is 0 Å². The molecule has 0 atom stereocenters. The highest BCUT2D eigenvalue weighted by Gasteiger charge is 2.05. The van der Waals surface area contributed by atoms with Gasteiger partial charge in [-0.1, -0.05) is 0 Å². The van der Waals surface area contributed by atoms with E-state index in [1.165, 1.54) is 6.33 Å². The molecule has 6 nitrogen and oxygen atoms in total. The van der Waals surface area contributed by atoms with Gasteiger partial charge in [-0.3, -0.25) is 5.10 Å². The number of H-pyrrole nitrogens is 1. The molecule has 0 aromatic carbocycles. The smallest absolute Gasteiger partial charge is 0.212 e. The highest BCUT2D eigenvalue weighted by molar-refractivity contribution is 7.09. The molecule has 0 amide bonds. The van der Waals surface area contributed by atoms with E-state index >= 15 is 0 Å². The Kier molecular flexibility index (Phi) is 1.29. The minimum atomic E-state index is 0.427. The number of rotatable bonds is 1. The Morgan fingerprint density at radius 2 is 2.45 bits per heavy atom. The zero-order valence-electron chi connectivity index (χ0n) is 5.35. The van der Waals surface area contributed by atoms with Gasteiger partial charge in [-0.2, -0.15) is 14.5 Å². The summed E-state index contributed by atoms with van der Waals surface area (Å²) in [6, 6.07) is 0. The van der Waals surface area contributed by atoms with Crippen LogP contribution in [0, 0.1) is 0 Å². The van der Waals surface area contributed by atoms with Crippen LogP contribution in [0.3, 0.4) is 0 Å². The second kappa shape index (κ2) is 2.27. The van der Waals surface area contributed by atoms with Crippen LogP contribution in [0.2, 0.25) is 0 Å². The van der Waals surface area contributed by atoms with Gasteiger partial charge < -0.3 is 5.73 Å². The van der Waals surface area contributed by atoms with Crippen LogP contribution in [-0.4, -0.2) is 24.5 Å². The first-order valence-corrected chi connectivity index (χ1v) is 3.58. The van der Waals surface area contributed by atoms with Gasteiger partial charge in [0.15, 0.2) is 11.0 Å². The summed E-state index contributed by atoms with van der Waals surface area (Å²) in [5, 5.41) is 6.71.